The normalized spacial score (nSPS) is 26.7. The molecule has 5 heteroatoms. The highest BCUT2D eigenvalue weighted by Gasteiger charge is 2.38. The van der Waals surface area contributed by atoms with Gasteiger partial charge in [-0.1, -0.05) is 12.1 Å². The number of carbonyl (C=O) groups is 1. The summed E-state index contributed by atoms with van der Waals surface area (Å²) in [6, 6.07) is 10.6. The highest BCUT2D eigenvalue weighted by Crippen LogP contribution is 2.34. The van der Waals surface area contributed by atoms with Gasteiger partial charge in [0.15, 0.2) is 0 Å². The Kier molecular flexibility index (Phi) is 4.86. The maximum absolute atomic E-state index is 12.4. The summed E-state index contributed by atoms with van der Waals surface area (Å²) in [7, 11) is 3.78. The van der Waals surface area contributed by atoms with Crippen molar-refractivity contribution in [2.24, 2.45) is 0 Å². The average Bonchev–Trinajstić information content (AvgIpc) is 2.81. The van der Waals surface area contributed by atoms with E-state index in [1.54, 1.807) is 13.2 Å². The van der Waals surface area contributed by atoms with Gasteiger partial charge in [0, 0.05) is 18.1 Å². The van der Waals surface area contributed by atoms with Gasteiger partial charge < -0.3 is 15.0 Å². The van der Waals surface area contributed by atoms with Crippen LogP contribution in [0.2, 0.25) is 0 Å². The monoisotopic (exact) mass is 325 g/mol. The van der Waals surface area contributed by atoms with Gasteiger partial charge in [-0.15, -0.1) is 0 Å². The minimum atomic E-state index is -0.276. The molecule has 3 rings (SSSR count). The first-order chi connectivity index (χ1) is 11.6. The summed E-state index contributed by atoms with van der Waals surface area (Å²) in [5, 5.41) is 12.4. The van der Waals surface area contributed by atoms with Crippen molar-refractivity contribution in [3.05, 3.63) is 35.4 Å². The van der Waals surface area contributed by atoms with Crippen LogP contribution in [0.5, 0.6) is 5.75 Å². The SMILES string of the molecule is COc1ccc(C=C(C#N)C(=O)NC2CC3CCC(C2)N3C)cc1. The van der Waals surface area contributed by atoms with Crippen LogP contribution < -0.4 is 10.1 Å². The van der Waals surface area contributed by atoms with Crippen LogP contribution in [0.1, 0.15) is 31.2 Å². The van der Waals surface area contributed by atoms with E-state index >= 15 is 0 Å². The van der Waals surface area contributed by atoms with Gasteiger partial charge in [-0.25, -0.2) is 0 Å². The van der Waals surface area contributed by atoms with E-state index in [9.17, 15) is 10.1 Å². The Morgan fingerprint density at radius 3 is 2.46 bits per heavy atom. The third kappa shape index (κ3) is 3.44. The molecule has 2 aliphatic rings. The highest BCUT2D eigenvalue weighted by atomic mass is 16.5. The molecule has 24 heavy (non-hydrogen) atoms. The Bertz CT molecular complexity index is 661. The summed E-state index contributed by atoms with van der Waals surface area (Å²) in [6.45, 7) is 0. The van der Waals surface area contributed by atoms with Crippen molar-refractivity contribution in [2.45, 2.75) is 43.8 Å². The molecule has 2 aliphatic heterocycles. The van der Waals surface area contributed by atoms with E-state index in [1.807, 2.05) is 30.3 Å². The van der Waals surface area contributed by atoms with Crippen molar-refractivity contribution in [3.8, 4) is 11.8 Å². The molecule has 2 heterocycles. The van der Waals surface area contributed by atoms with E-state index in [-0.39, 0.29) is 17.5 Å². The van der Waals surface area contributed by atoms with Crippen LogP contribution in [0.4, 0.5) is 0 Å². The van der Waals surface area contributed by atoms with Crippen molar-refractivity contribution in [1.29, 1.82) is 5.26 Å². The van der Waals surface area contributed by atoms with Crippen molar-refractivity contribution >= 4 is 12.0 Å². The Morgan fingerprint density at radius 2 is 1.92 bits per heavy atom. The van der Waals surface area contributed by atoms with Gasteiger partial charge in [0.2, 0.25) is 0 Å². The number of nitriles is 1. The zero-order valence-electron chi connectivity index (χ0n) is 14.2. The van der Waals surface area contributed by atoms with Crippen molar-refractivity contribution < 1.29 is 9.53 Å². The molecule has 0 radical (unpaired) electrons. The minimum Gasteiger partial charge on any atom is -0.497 e. The van der Waals surface area contributed by atoms with Crippen LogP contribution in [-0.4, -0.2) is 43.1 Å². The van der Waals surface area contributed by atoms with Crippen LogP contribution in [-0.2, 0) is 4.79 Å². The summed E-state index contributed by atoms with van der Waals surface area (Å²) < 4.78 is 5.11. The van der Waals surface area contributed by atoms with Crippen molar-refractivity contribution in [3.63, 3.8) is 0 Å². The molecule has 2 atom stereocenters. The number of carbonyl (C=O) groups excluding carboxylic acids is 1. The van der Waals surface area contributed by atoms with Crippen LogP contribution in [0.3, 0.4) is 0 Å². The molecule has 1 N–H and O–H groups in total. The largest absolute Gasteiger partial charge is 0.497 e. The Balaban J connectivity index is 1.66. The molecular weight excluding hydrogens is 302 g/mol. The number of piperidine rings is 1. The summed E-state index contributed by atoms with van der Waals surface area (Å²) in [6.07, 6.45) is 5.99. The maximum Gasteiger partial charge on any atom is 0.262 e. The second-order valence-electron chi connectivity index (χ2n) is 6.64. The molecule has 126 valence electrons. The molecule has 0 aromatic heterocycles. The third-order valence-electron chi connectivity index (χ3n) is 5.23. The standard InChI is InChI=1S/C19H23N3O2/c1-22-16-5-6-17(22)11-15(10-16)21-19(23)14(12-20)9-13-3-7-18(24-2)8-4-13/h3-4,7-9,15-17H,5-6,10-11H2,1-2H3,(H,21,23). The Morgan fingerprint density at radius 1 is 1.29 bits per heavy atom. The fourth-order valence-electron chi connectivity index (χ4n) is 3.81. The third-order valence-corrected chi connectivity index (χ3v) is 5.23. The van der Waals surface area contributed by atoms with E-state index < -0.39 is 0 Å². The van der Waals surface area contributed by atoms with Crippen LogP contribution >= 0.6 is 0 Å². The van der Waals surface area contributed by atoms with Crippen LogP contribution in [0.25, 0.3) is 6.08 Å². The number of amides is 1. The molecule has 5 nitrogen and oxygen atoms in total. The number of nitrogens with one attached hydrogen (secondary N) is 1. The van der Waals surface area contributed by atoms with Gasteiger partial charge in [-0.2, -0.15) is 5.26 Å². The molecule has 1 aromatic rings. The Hall–Kier alpha value is -2.32. The van der Waals surface area contributed by atoms with E-state index in [0.29, 0.717) is 12.1 Å². The molecule has 0 saturated carbocycles. The van der Waals surface area contributed by atoms with Gasteiger partial charge in [0.25, 0.3) is 5.91 Å². The van der Waals surface area contributed by atoms with E-state index in [0.717, 1.165) is 24.2 Å². The molecule has 1 aromatic carbocycles. The summed E-state index contributed by atoms with van der Waals surface area (Å²) in [4.78, 5) is 14.9. The second kappa shape index (κ2) is 7.06. The number of nitrogens with zero attached hydrogens (tertiary/aromatic N) is 2. The molecule has 2 bridgehead atoms. The molecule has 2 fully saturated rings. The van der Waals surface area contributed by atoms with Gasteiger partial charge in [0.05, 0.1) is 7.11 Å². The van der Waals surface area contributed by atoms with E-state index in [1.165, 1.54) is 12.8 Å². The number of fused-ring (bicyclic) bond motifs is 2. The predicted octanol–water partition coefficient (Wildman–Crippen LogP) is 2.34. The first kappa shape index (κ1) is 16.5. The summed E-state index contributed by atoms with van der Waals surface area (Å²) in [5.41, 5.74) is 0.956. The maximum atomic E-state index is 12.4. The van der Waals surface area contributed by atoms with Gasteiger partial charge in [0.1, 0.15) is 17.4 Å². The number of benzene rings is 1. The predicted molar refractivity (Wildman–Crippen MR) is 92.3 cm³/mol. The molecular formula is C19H23N3O2. The molecule has 2 unspecified atom stereocenters. The van der Waals surface area contributed by atoms with E-state index in [4.69, 9.17) is 4.74 Å². The van der Waals surface area contributed by atoms with Crippen molar-refractivity contribution in [2.75, 3.05) is 14.2 Å². The quantitative estimate of drug-likeness (QED) is 0.682. The second-order valence-corrected chi connectivity index (χ2v) is 6.64. The first-order valence-electron chi connectivity index (χ1n) is 8.39. The summed E-state index contributed by atoms with van der Waals surface area (Å²) >= 11 is 0. The van der Waals surface area contributed by atoms with E-state index in [2.05, 4.69) is 17.3 Å². The average molecular weight is 325 g/mol. The number of methoxy groups -OCH3 is 1. The molecule has 2 saturated heterocycles. The molecule has 1 amide bonds. The minimum absolute atomic E-state index is 0.145. The zero-order chi connectivity index (χ0) is 17.1. The Labute approximate surface area is 142 Å². The molecule has 0 spiro atoms. The number of hydrogen-bond donors (Lipinski definition) is 1. The van der Waals surface area contributed by atoms with Crippen LogP contribution in [0.15, 0.2) is 29.8 Å². The van der Waals surface area contributed by atoms with Gasteiger partial charge >= 0.3 is 0 Å². The molecule has 0 aliphatic carbocycles. The number of rotatable bonds is 4. The number of hydrogen-bond acceptors (Lipinski definition) is 4. The number of ether oxygens (including phenoxy) is 1. The lowest BCUT2D eigenvalue weighted by Crippen LogP contribution is -2.48. The van der Waals surface area contributed by atoms with Gasteiger partial charge in [-0.3, -0.25) is 4.79 Å². The smallest absolute Gasteiger partial charge is 0.262 e. The highest BCUT2D eigenvalue weighted by molar-refractivity contribution is 6.01. The lowest BCUT2D eigenvalue weighted by atomic mass is 9.97. The fourth-order valence-corrected chi connectivity index (χ4v) is 3.81. The van der Waals surface area contributed by atoms with Crippen LogP contribution in [0, 0.1) is 11.3 Å². The zero-order valence-corrected chi connectivity index (χ0v) is 14.2. The first-order valence-corrected chi connectivity index (χ1v) is 8.39. The lowest BCUT2D eigenvalue weighted by Gasteiger charge is -2.36. The van der Waals surface area contributed by atoms with Crippen molar-refractivity contribution in [1.82, 2.24) is 10.2 Å². The topological polar surface area (TPSA) is 65.4 Å². The fraction of sp³-hybridized carbons (Fsp3) is 0.474. The van der Waals surface area contributed by atoms with Gasteiger partial charge in [-0.05, 0) is 56.5 Å². The summed E-state index contributed by atoms with van der Waals surface area (Å²) in [5.74, 6) is 0.471. The lowest BCUT2D eigenvalue weighted by molar-refractivity contribution is -0.118.